The van der Waals surface area contributed by atoms with Crippen LogP contribution in [0.1, 0.15) is 24.0 Å². The van der Waals surface area contributed by atoms with Crippen LogP contribution in [0.5, 0.6) is 0 Å². The van der Waals surface area contributed by atoms with E-state index in [0.717, 1.165) is 23.7 Å². The topological polar surface area (TPSA) is 59.1 Å². The first-order valence-electron chi connectivity index (χ1n) is 5.88. The van der Waals surface area contributed by atoms with E-state index < -0.39 is 0 Å². The molecule has 1 aliphatic rings. The van der Waals surface area contributed by atoms with Crippen LogP contribution in [-0.2, 0) is 10.5 Å². The van der Waals surface area contributed by atoms with Crippen LogP contribution < -0.4 is 5.73 Å². The molecule has 1 heterocycles. The molecule has 1 aromatic rings. The van der Waals surface area contributed by atoms with Crippen LogP contribution in [0, 0.1) is 5.41 Å². The molecule has 3 N–H and O–H groups in total. The highest BCUT2D eigenvalue weighted by Crippen LogP contribution is 2.20. The van der Waals surface area contributed by atoms with Crippen LogP contribution in [0.4, 0.5) is 0 Å². The van der Waals surface area contributed by atoms with Gasteiger partial charge in [0, 0.05) is 23.7 Å². The summed E-state index contributed by atoms with van der Waals surface area (Å²) >= 11 is 1.89. The number of thioether (sulfide) groups is 1. The third kappa shape index (κ3) is 3.75. The second kappa shape index (κ2) is 6.07. The smallest absolute Gasteiger partial charge is 0.122 e. The maximum absolute atomic E-state index is 7.40. The van der Waals surface area contributed by atoms with Gasteiger partial charge in [-0.1, -0.05) is 18.2 Å². The van der Waals surface area contributed by atoms with Crippen LogP contribution in [-0.4, -0.2) is 24.3 Å². The zero-order valence-electron chi connectivity index (χ0n) is 9.82. The highest BCUT2D eigenvalue weighted by Gasteiger charge is 2.14. The SMILES string of the molecule is N=C(N)c1cccc(CSCC2CCCO2)c1. The summed E-state index contributed by atoms with van der Waals surface area (Å²) in [5, 5.41) is 7.40. The third-order valence-electron chi connectivity index (χ3n) is 2.83. The molecule has 1 aliphatic heterocycles. The van der Waals surface area contributed by atoms with Crippen LogP contribution in [0.2, 0.25) is 0 Å². The van der Waals surface area contributed by atoms with Crippen molar-refractivity contribution in [1.82, 2.24) is 0 Å². The number of nitrogen functional groups attached to an aromatic ring is 1. The van der Waals surface area contributed by atoms with E-state index in [4.69, 9.17) is 15.9 Å². The molecule has 0 amide bonds. The number of nitrogens with two attached hydrogens (primary N) is 1. The summed E-state index contributed by atoms with van der Waals surface area (Å²) in [4.78, 5) is 0. The van der Waals surface area contributed by atoms with Crippen LogP contribution in [0.3, 0.4) is 0 Å². The summed E-state index contributed by atoms with van der Waals surface area (Å²) in [5.41, 5.74) is 7.50. The minimum absolute atomic E-state index is 0.135. The number of hydrogen-bond donors (Lipinski definition) is 2. The van der Waals surface area contributed by atoms with E-state index in [-0.39, 0.29) is 5.84 Å². The molecular formula is C13H18N2OS. The monoisotopic (exact) mass is 250 g/mol. The first kappa shape index (κ1) is 12.5. The van der Waals surface area contributed by atoms with Crippen molar-refractivity contribution in [2.45, 2.75) is 24.7 Å². The van der Waals surface area contributed by atoms with Crippen LogP contribution >= 0.6 is 11.8 Å². The predicted molar refractivity (Wildman–Crippen MR) is 72.6 cm³/mol. The Kier molecular flexibility index (Phi) is 4.45. The maximum atomic E-state index is 7.40. The maximum Gasteiger partial charge on any atom is 0.122 e. The molecule has 92 valence electrons. The molecule has 3 nitrogen and oxygen atoms in total. The fraction of sp³-hybridized carbons (Fsp3) is 0.462. The Hall–Kier alpha value is -1.00. The summed E-state index contributed by atoms with van der Waals surface area (Å²) in [5.74, 6) is 2.15. The molecule has 0 radical (unpaired) electrons. The number of hydrogen-bond acceptors (Lipinski definition) is 3. The van der Waals surface area contributed by atoms with Crippen molar-refractivity contribution >= 4 is 17.6 Å². The summed E-state index contributed by atoms with van der Waals surface area (Å²) in [6.07, 6.45) is 2.84. The molecule has 1 fully saturated rings. The van der Waals surface area contributed by atoms with Crippen molar-refractivity contribution in [3.05, 3.63) is 35.4 Å². The summed E-state index contributed by atoms with van der Waals surface area (Å²) in [6.45, 7) is 0.922. The molecule has 17 heavy (non-hydrogen) atoms. The van der Waals surface area contributed by atoms with Gasteiger partial charge in [-0.2, -0.15) is 11.8 Å². The lowest BCUT2D eigenvalue weighted by Gasteiger charge is -2.09. The first-order chi connectivity index (χ1) is 8.25. The molecule has 2 rings (SSSR count). The van der Waals surface area contributed by atoms with Gasteiger partial charge < -0.3 is 10.5 Å². The van der Waals surface area contributed by atoms with E-state index in [9.17, 15) is 0 Å². The Morgan fingerprint density at radius 1 is 1.53 bits per heavy atom. The normalized spacial score (nSPS) is 19.4. The number of nitrogens with one attached hydrogen (secondary N) is 1. The van der Waals surface area contributed by atoms with Crippen LogP contribution in [0.15, 0.2) is 24.3 Å². The number of amidine groups is 1. The molecule has 0 aliphatic carbocycles. The van der Waals surface area contributed by atoms with E-state index in [0.29, 0.717) is 6.10 Å². The molecular weight excluding hydrogens is 232 g/mol. The highest BCUT2D eigenvalue weighted by molar-refractivity contribution is 7.98. The predicted octanol–water partition coefficient (Wildman–Crippen LogP) is 2.38. The fourth-order valence-electron chi connectivity index (χ4n) is 1.91. The minimum atomic E-state index is 0.135. The fourth-order valence-corrected chi connectivity index (χ4v) is 2.97. The second-order valence-corrected chi connectivity index (χ2v) is 5.29. The Bertz CT molecular complexity index is 389. The highest BCUT2D eigenvalue weighted by atomic mass is 32.2. The summed E-state index contributed by atoms with van der Waals surface area (Å²) < 4.78 is 5.58. The van der Waals surface area contributed by atoms with E-state index in [1.165, 1.54) is 18.4 Å². The van der Waals surface area contributed by atoms with Crippen molar-refractivity contribution in [3.63, 3.8) is 0 Å². The standard InChI is InChI=1S/C13H18N2OS/c14-13(15)11-4-1-3-10(7-11)8-17-9-12-5-2-6-16-12/h1,3-4,7,12H,2,5-6,8-9H2,(H3,14,15). The van der Waals surface area contributed by atoms with Gasteiger partial charge in [0.05, 0.1) is 6.10 Å². The molecule has 1 aromatic carbocycles. The van der Waals surface area contributed by atoms with E-state index in [1.807, 2.05) is 30.0 Å². The molecule has 4 heteroatoms. The van der Waals surface area contributed by atoms with Gasteiger partial charge >= 0.3 is 0 Å². The molecule has 1 unspecified atom stereocenters. The first-order valence-corrected chi connectivity index (χ1v) is 7.04. The van der Waals surface area contributed by atoms with Crippen molar-refractivity contribution in [1.29, 1.82) is 5.41 Å². The lowest BCUT2D eigenvalue weighted by molar-refractivity contribution is 0.129. The largest absolute Gasteiger partial charge is 0.384 e. The molecule has 0 saturated carbocycles. The van der Waals surface area contributed by atoms with Gasteiger partial charge in [0.25, 0.3) is 0 Å². The Morgan fingerprint density at radius 3 is 3.12 bits per heavy atom. The average molecular weight is 250 g/mol. The number of rotatable bonds is 5. The van der Waals surface area contributed by atoms with E-state index in [2.05, 4.69) is 6.07 Å². The van der Waals surface area contributed by atoms with Gasteiger partial charge in [-0.15, -0.1) is 0 Å². The van der Waals surface area contributed by atoms with Gasteiger partial charge in [0.2, 0.25) is 0 Å². The molecule has 1 saturated heterocycles. The lowest BCUT2D eigenvalue weighted by Crippen LogP contribution is -2.11. The van der Waals surface area contributed by atoms with Crippen molar-refractivity contribution in [3.8, 4) is 0 Å². The van der Waals surface area contributed by atoms with Crippen molar-refractivity contribution in [2.24, 2.45) is 5.73 Å². The lowest BCUT2D eigenvalue weighted by atomic mass is 10.1. The van der Waals surface area contributed by atoms with Crippen molar-refractivity contribution in [2.75, 3.05) is 12.4 Å². The quantitative estimate of drug-likeness (QED) is 0.623. The van der Waals surface area contributed by atoms with Gasteiger partial charge in [0.15, 0.2) is 0 Å². The van der Waals surface area contributed by atoms with Gasteiger partial charge in [0.1, 0.15) is 5.84 Å². The van der Waals surface area contributed by atoms with Gasteiger partial charge in [-0.25, -0.2) is 0 Å². The second-order valence-electron chi connectivity index (χ2n) is 4.26. The minimum Gasteiger partial charge on any atom is -0.384 e. The van der Waals surface area contributed by atoms with Gasteiger partial charge in [-0.05, 0) is 24.5 Å². The Morgan fingerprint density at radius 2 is 2.41 bits per heavy atom. The zero-order chi connectivity index (χ0) is 12.1. The molecule has 0 bridgehead atoms. The molecule has 0 spiro atoms. The van der Waals surface area contributed by atoms with Crippen molar-refractivity contribution < 1.29 is 4.74 Å². The Balaban J connectivity index is 1.81. The number of benzene rings is 1. The average Bonchev–Trinajstić information content (AvgIpc) is 2.82. The molecule has 0 aromatic heterocycles. The van der Waals surface area contributed by atoms with E-state index in [1.54, 1.807) is 0 Å². The summed E-state index contributed by atoms with van der Waals surface area (Å²) in [7, 11) is 0. The Labute approximate surface area is 106 Å². The van der Waals surface area contributed by atoms with Gasteiger partial charge in [-0.3, -0.25) is 5.41 Å². The van der Waals surface area contributed by atoms with Crippen LogP contribution in [0.25, 0.3) is 0 Å². The third-order valence-corrected chi connectivity index (χ3v) is 3.98. The number of ether oxygens (including phenoxy) is 1. The van der Waals surface area contributed by atoms with E-state index >= 15 is 0 Å². The zero-order valence-corrected chi connectivity index (χ0v) is 10.6. The summed E-state index contributed by atoms with van der Waals surface area (Å²) in [6, 6.07) is 7.90. The molecule has 1 atom stereocenters.